The Morgan fingerprint density at radius 3 is 1.79 bits per heavy atom. The predicted octanol–water partition coefficient (Wildman–Crippen LogP) is 9.39. The molecule has 1 aromatic carbocycles. The predicted molar refractivity (Wildman–Crippen MR) is 152 cm³/mol. The lowest BCUT2D eigenvalue weighted by Gasteiger charge is -2.33. The summed E-state index contributed by atoms with van der Waals surface area (Å²) in [6.07, 6.45) is 17.8. The Labute approximate surface area is 214 Å². The molecule has 0 saturated heterocycles. The number of hydrogen-bond donors (Lipinski definition) is 0. The zero-order chi connectivity index (χ0) is 25.1. The molecule has 0 fully saturated rings. The number of unbranched alkanes of at least 4 members (excludes halogenated alkanes) is 12. The molecule has 2 nitrogen and oxygen atoms in total. The van der Waals surface area contributed by atoms with Gasteiger partial charge in [-0.3, -0.25) is 0 Å². The van der Waals surface area contributed by atoms with Gasteiger partial charge in [-0.15, -0.1) is 5.92 Å². The summed E-state index contributed by atoms with van der Waals surface area (Å²) >= 11 is 0. The van der Waals surface area contributed by atoms with Crippen LogP contribution >= 0.6 is 0 Å². The Morgan fingerprint density at radius 1 is 0.765 bits per heavy atom. The molecule has 1 unspecified atom stereocenters. The quantitative estimate of drug-likeness (QED) is 0.117. The molecule has 0 spiro atoms. The van der Waals surface area contributed by atoms with Crippen LogP contribution in [0.5, 0.6) is 0 Å². The molecule has 0 bridgehead atoms. The summed E-state index contributed by atoms with van der Waals surface area (Å²) in [5.41, 5.74) is 2.55. The van der Waals surface area contributed by atoms with Gasteiger partial charge in [-0.1, -0.05) is 129 Å². The van der Waals surface area contributed by atoms with Crippen molar-refractivity contribution < 1.29 is 9.16 Å². The number of benzene rings is 1. The normalized spacial score (nSPS) is 12.6. The largest absolute Gasteiger partial charge is 0.413 e. The molecule has 34 heavy (non-hydrogen) atoms. The Kier molecular flexibility index (Phi) is 17.4. The van der Waals surface area contributed by atoms with Crippen molar-refractivity contribution in [2.45, 2.75) is 137 Å². The van der Waals surface area contributed by atoms with Crippen LogP contribution in [-0.2, 0) is 15.8 Å². The average Bonchev–Trinajstić information content (AvgIpc) is 2.79. The summed E-state index contributed by atoms with van der Waals surface area (Å²) in [5.74, 6) is 6.46. The van der Waals surface area contributed by atoms with E-state index in [0.717, 1.165) is 6.42 Å². The molecule has 194 valence electrons. The summed E-state index contributed by atoms with van der Waals surface area (Å²) in [4.78, 5) is 0. The Balaban J connectivity index is 2.09. The van der Waals surface area contributed by atoms with Gasteiger partial charge in [-0.05, 0) is 36.1 Å². The van der Waals surface area contributed by atoms with Gasteiger partial charge in [0.15, 0.2) is 9.04 Å². The van der Waals surface area contributed by atoms with Crippen molar-refractivity contribution in [3.8, 4) is 11.8 Å². The van der Waals surface area contributed by atoms with Crippen LogP contribution in [0.1, 0.15) is 128 Å². The summed E-state index contributed by atoms with van der Waals surface area (Å²) in [7, 11) is -1.10. The molecule has 3 heteroatoms. The third kappa shape index (κ3) is 15.7. The van der Waals surface area contributed by atoms with Crippen molar-refractivity contribution in [2.24, 2.45) is 5.41 Å². The molecule has 1 aromatic rings. The molecular weight excluding hydrogens is 432 g/mol. The van der Waals surface area contributed by atoms with Crippen LogP contribution in [0.2, 0.25) is 13.1 Å². The molecule has 1 rings (SSSR count). The van der Waals surface area contributed by atoms with Gasteiger partial charge in [0.1, 0.15) is 6.61 Å². The highest BCUT2D eigenvalue weighted by Crippen LogP contribution is 2.36. The maximum absolute atomic E-state index is 6.33. The first-order valence-corrected chi connectivity index (χ1v) is 16.9. The van der Waals surface area contributed by atoms with Crippen molar-refractivity contribution >= 4 is 9.04 Å². The van der Waals surface area contributed by atoms with E-state index in [1.165, 1.54) is 88.2 Å². The van der Waals surface area contributed by atoms with Crippen LogP contribution in [0.3, 0.4) is 0 Å². The SMILES string of the molecule is CCCCCCCCCCCCCCC#CCOCc1ccc(C(O[SiH](C)C)C(C)(C)C)cc1. The van der Waals surface area contributed by atoms with E-state index < -0.39 is 9.04 Å². The van der Waals surface area contributed by atoms with Crippen LogP contribution in [-0.4, -0.2) is 15.6 Å². The van der Waals surface area contributed by atoms with E-state index in [9.17, 15) is 0 Å². The highest BCUT2D eigenvalue weighted by Gasteiger charge is 2.27. The lowest BCUT2D eigenvalue weighted by molar-refractivity contribution is 0.0865. The molecule has 0 heterocycles. The number of rotatable bonds is 18. The second kappa shape index (κ2) is 19.1. The summed E-state index contributed by atoms with van der Waals surface area (Å²) in [6.45, 7) is 14.7. The number of ether oxygens (including phenoxy) is 1. The molecule has 0 saturated carbocycles. The summed E-state index contributed by atoms with van der Waals surface area (Å²) in [6, 6.07) is 8.73. The molecule has 0 N–H and O–H groups in total. The van der Waals surface area contributed by atoms with Crippen LogP contribution < -0.4 is 0 Å². The lowest BCUT2D eigenvalue weighted by atomic mass is 9.84. The average molecular weight is 487 g/mol. The van der Waals surface area contributed by atoms with Crippen molar-refractivity contribution in [1.82, 2.24) is 0 Å². The third-order valence-electron chi connectivity index (χ3n) is 6.20. The molecule has 0 aromatic heterocycles. The minimum Gasteiger partial charge on any atom is -0.413 e. The minimum atomic E-state index is -1.10. The minimum absolute atomic E-state index is 0.0957. The second-order valence-electron chi connectivity index (χ2n) is 11.2. The maximum atomic E-state index is 6.33. The van der Waals surface area contributed by atoms with E-state index in [1.54, 1.807) is 0 Å². The number of hydrogen-bond acceptors (Lipinski definition) is 2. The van der Waals surface area contributed by atoms with Crippen molar-refractivity contribution in [2.75, 3.05) is 6.61 Å². The molecule has 1 atom stereocenters. The fourth-order valence-corrected chi connectivity index (χ4v) is 5.37. The van der Waals surface area contributed by atoms with Gasteiger partial charge in [0, 0.05) is 6.42 Å². The van der Waals surface area contributed by atoms with E-state index in [1.807, 2.05) is 0 Å². The summed E-state index contributed by atoms with van der Waals surface area (Å²) < 4.78 is 12.1. The highest BCUT2D eigenvalue weighted by atomic mass is 28.3. The fraction of sp³-hybridized carbons (Fsp3) is 0.742. The Hall–Kier alpha value is -1.08. The van der Waals surface area contributed by atoms with Crippen molar-refractivity contribution in [3.05, 3.63) is 35.4 Å². The van der Waals surface area contributed by atoms with Gasteiger partial charge in [0.05, 0.1) is 12.7 Å². The first kappa shape index (κ1) is 30.9. The van der Waals surface area contributed by atoms with E-state index in [0.29, 0.717) is 13.2 Å². The van der Waals surface area contributed by atoms with E-state index >= 15 is 0 Å². The first-order chi connectivity index (χ1) is 16.3. The smallest absolute Gasteiger partial charge is 0.171 e. The molecule has 0 radical (unpaired) electrons. The Bertz CT molecular complexity index is 663. The molecule has 0 aliphatic heterocycles. The lowest BCUT2D eigenvalue weighted by Crippen LogP contribution is -2.25. The van der Waals surface area contributed by atoms with Gasteiger partial charge in [0.25, 0.3) is 0 Å². The van der Waals surface area contributed by atoms with Gasteiger partial charge in [-0.25, -0.2) is 0 Å². The molecule has 0 amide bonds. The van der Waals surface area contributed by atoms with Crippen molar-refractivity contribution in [3.63, 3.8) is 0 Å². The van der Waals surface area contributed by atoms with E-state index in [4.69, 9.17) is 9.16 Å². The first-order valence-electron chi connectivity index (χ1n) is 14.1. The maximum Gasteiger partial charge on any atom is 0.171 e. The highest BCUT2D eigenvalue weighted by molar-refractivity contribution is 6.48. The second-order valence-corrected chi connectivity index (χ2v) is 13.5. The molecule has 0 aliphatic rings. The topological polar surface area (TPSA) is 18.5 Å². The third-order valence-corrected chi connectivity index (χ3v) is 7.02. The van der Waals surface area contributed by atoms with Gasteiger partial charge in [-0.2, -0.15) is 0 Å². The van der Waals surface area contributed by atoms with Gasteiger partial charge < -0.3 is 9.16 Å². The van der Waals surface area contributed by atoms with E-state index in [-0.39, 0.29) is 11.5 Å². The zero-order valence-corrected chi connectivity index (χ0v) is 24.5. The van der Waals surface area contributed by atoms with Crippen LogP contribution in [0.4, 0.5) is 0 Å². The van der Waals surface area contributed by atoms with Crippen LogP contribution in [0, 0.1) is 17.3 Å². The fourth-order valence-electron chi connectivity index (χ4n) is 4.26. The van der Waals surface area contributed by atoms with Crippen LogP contribution in [0.15, 0.2) is 24.3 Å². The van der Waals surface area contributed by atoms with Crippen molar-refractivity contribution in [1.29, 1.82) is 0 Å². The van der Waals surface area contributed by atoms with Crippen LogP contribution in [0.25, 0.3) is 0 Å². The van der Waals surface area contributed by atoms with E-state index in [2.05, 4.69) is 76.9 Å². The van der Waals surface area contributed by atoms with Gasteiger partial charge >= 0.3 is 0 Å². The summed E-state index contributed by atoms with van der Waals surface area (Å²) in [5, 5.41) is 0. The zero-order valence-electron chi connectivity index (χ0n) is 23.4. The standard InChI is InChI=1S/C31H54O2Si/c1-7-8-9-10-11-12-13-14-15-16-17-18-19-20-21-26-32-27-28-22-24-29(25-23-28)30(31(2,3)4)33-34(5)6/h22-25,30,34H,7-19,26-27H2,1-6H3. The van der Waals surface area contributed by atoms with Gasteiger partial charge in [0.2, 0.25) is 0 Å². The Morgan fingerprint density at radius 2 is 1.29 bits per heavy atom. The molecule has 0 aliphatic carbocycles. The molecular formula is C31H54O2Si. The monoisotopic (exact) mass is 486 g/mol.